The molecule has 1 saturated carbocycles. The van der Waals surface area contributed by atoms with Crippen LogP contribution in [-0.4, -0.2) is 54.4 Å². The molecule has 5 N–H and O–H groups in total. The van der Waals surface area contributed by atoms with Gasteiger partial charge in [0.1, 0.15) is 33.5 Å². The van der Waals surface area contributed by atoms with Gasteiger partial charge < -0.3 is 44.3 Å². The quantitative estimate of drug-likeness (QED) is 0.0622. The topological polar surface area (TPSA) is 177 Å². The van der Waals surface area contributed by atoms with E-state index in [4.69, 9.17) is 28.3 Å². The Hall–Kier alpha value is -5.61. The third kappa shape index (κ3) is 5.24. The minimum Gasteiger partial charge on any atom is -0.469 e. The molecule has 0 saturated heterocycles. The van der Waals surface area contributed by atoms with Gasteiger partial charge in [-0.05, 0) is 64.6 Å². The van der Waals surface area contributed by atoms with Crippen LogP contribution in [-0.2, 0) is 21.4 Å². The summed E-state index contributed by atoms with van der Waals surface area (Å²) in [4.78, 5) is 41.8. The van der Waals surface area contributed by atoms with E-state index in [1.54, 1.807) is 0 Å². The summed E-state index contributed by atoms with van der Waals surface area (Å²) in [6.07, 6.45) is 5.40. The van der Waals surface area contributed by atoms with Crippen LogP contribution < -0.4 is 20.7 Å². The zero-order chi connectivity index (χ0) is 40.4. The molecule has 10 bridgehead atoms. The Morgan fingerprint density at radius 1 is 1.03 bits per heavy atom. The Labute approximate surface area is 352 Å². The fourth-order valence-electron chi connectivity index (χ4n) is 9.98. The van der Waals surface area contributed by atoms with Crippen molar-refractivity contribution in [2.24, 2.45) is 5.92 Å². The zero-order valence-electron chi connectivity index (χ0n) is 32.4. The van der Waals surface area contributed by atoms with Crippen molar-refractivity contribution >= 4 is 51.1 Å². The minimum absolute atomic E-state index is 0.000543. The highest BCUT2D eigenvalue weighted by Gasteiger charge is 2.62. The lowest BCUT2D eigenvalue weighted by Crippen LogP contribution is -2.51. The van der Waals surface area contributed by atoms with E-state index < -0.39 is 35.3 Å². The SMILES string of the molecule is C=C(N[C@H]1Cc2ccc3c(c2)C24c5cccc(c5NC2O3)-c2cccc3[nH]cc(c23)-c2oc(nc2C(=O)OCI)-c2nc(oc24)[C@H](C(C)C)NC1=O)C1(O)CCCCC1. The van der Waals surface area contributed by atoms with Crippen molar-refractivity contribution in [2.45, 2.75) is 81.7 Å². The number of aromatic nitrogens is 3. The number of halogens is 1. The molecule has 7 heterocycles. The van der Waals surface area contributed by atoms with Crippen LogP contribution in [0, 0.1) is 5.92 Å². The lowest BCUT2D eigenvalue weighted by molar-refractivity contribution is -0.124. The Kier molecular flexibility index (Phi) is 8.16. The first-order chi connectivity index (χ1) is 28.6. The fourth-order valence-corrected chi connectivity index (χ4v) is 10.3. The molecule has 6 aromatic rings. The molecule has 1 fully saturated rings. The average Bonchev–Trinajstić information content (AvgIpc) is 4.05. The van der Waals surface area contributed by atoms with Crippen molar-refractivity contribution in [1.82, 2.24) is 25.6 Å². The van der Waals surface area contributed by atoms with Gasteiger partial charge >= 0.3 is 5.97 Å². The van der Waals surface area contributed by atoms with E-state index >= 15 is 0 Å². The van der Waals surface area contributed by atoms with Gasteiger partial charge in [0.2, 0.25) is 17.7 Å². The molecule has 5 aliphatic rings. The highest BCUT2D eigenvalue weighted by Crippen LogP contribution is 2.61. The molecule has 1 spiro atoms. The Balaban J connectivity index is 1.20. The number of H-pyrrole nitrogens is 1. The van der Waals surface area contributed by atoms with Crippen LogP contribution in [0.1, 0.15) is 90.8 Å². The van der Waals surface area contributed by atoms with E-state index in [1.165, 1.54) is 0 Å². The maximum absolute atomic E-state index is 14.6. The number of hydrogen-bond acceptors (Lipinski definition) is 11. The predicted molar refractivity (Wildman–Crippen MR) is 227 cm³/mol. The van der Waals surface area contributed by atoms with E-state index in [1.807, 2.05) is 73.0 Å². The number of alkyl halides is 1. The second-order valence-electron chi connectivity index (χ2n) is 16.6. The van der Waals surface area contributed by atoms with Crippen LogP contribution in [0.5, 0.6) is 5.75 Å². The van der Waals surface area contributed by atoms with Crippen LogP contribution >= 0.6 is 22.6 Å². The second-order valence-corrected chi connectivity index (χ2v) is 17.2. The van der Waals surface area contributed by atoms with Gasteiger partial charge in [0.15, 0.2) is 29.1 Å². The van der Waals surface area contributed by atoms with Crippen LogP contribution in [0.25, 0.3) is 44.9 Å². The number of aliphatic hydroxyl groups is 1. The van der Waals surface area contributed by atoms with Crippen molar-refractivity contribution in [3.63, 3.8) is 0 Å². The number of nitrogens with zero attached hydrogens (tertiary/aromatic N) is 2. The summed E-state index contributed by atoms with van der Waals surface area (Å²) in [7, 11) is 0. The number of fused-ring (bicyclic) bond motifs is 7. The molecule has 14 heteroatoms. The molecule has 300 valence electrons. The highest BCUT2D eigenvalue weighted by molar-refractivity contribution is 14.1. The normalized spacial score (nSPS) is 23.0. The molecular weight excluding hydrogens is 863 g/mol. The number of aromatic amines is 1. The molecule has 11 rings (SSSR count). The van der Waals surface area contributed by atoms with Crippen molar-refractivity contribution < 1.29 is 33.0 Å². The van der Waals surface area contributed by atoms with E-state index in [0.29, 0.717) is 42.0 Å². The number of nitrogens with one attached hydrogen (secondary N) is 4. The molecule has 1 amide bonds. The predicted octanol–water partition coefficient (Wildman–Crippen LogP) is 8.02. The summed E-state index contributed by atoms with van der Waals surface area (Å²) in [6.45, 7) is 8.26. The smallest absolute Gasteiger partial charge is 0.361 e. The molecule has 13 nitrogen and oxygen atoms in total. The van der Waals surface area contributed by atoms with Crippen molar-refractivity contribution in [2.75, 3.05) is 9.93 Å². The third-order valence-electron chi connectivity index (χ3n) is 12.9. The molecule has 0 radical (unpaired) electrons. The number of ether oxygens (including phenoxy) is 2. The summed E-state index contributed by atoms with van der Waals surface area (Å²) in [5.41, 5.74) is 5.19. The molecule has 2 unspecified atom stereocenters. The summed E-state index contributed by atoms with van der Waals surface area (Å²) in [6, 6.07) is 16.7. The Morgan fingerprint density at radius 2 is 1.85 bits per heavy atom. The number of amides is 1. The first-order valence-electron chi connectivity index (χ1n) is 20.1. The van der Waals surface area contributed by atoms with Gasteiger partial charge in [-0.3, -0.25) is 4.79 Å². The molecule has 1 aliphatic carbocycles. The number of oxazole rings is 2. The molecule has 3 aromatic heterocycles. The fraction of sp³-hybridized carbons (Fsp3) is 0.333. The Bertz CT molecular complexity index is 2760. The number of benzene rings is 3. The van der Waals surface area contributed by atoms with Gasteiger partial charge in [0.05, 0.1) is 0 Å². The van der Waals surface area contributed by atoms with Crippen LogP contribution in [0.2, 0.25) is 0 Å². The van der Waals surface area contributed by atoms with Crippen LogP contribution in [0.4, 0.5) is 5.69 Å². The number of carbonyl (C=O) groups is 2. The van der Waals surface area contributed by atoms with Crippen molar-refractivity contribution in [1.29, 1.82) is 0 Å². The van der Waals surface area contributed by atoms with Crippen LogP contribution in [0.15, 0.2) is 81.9 Å². The maximum atomic E-state index is 14.6. The third-order valence-corrected chi connectivity index (χ3v) is 13.2. The van der Waals surface area contributed by atoms with Gasteiger partial charge in [-0.1, -0.05) is 82.2 Å². The van der Waals surface area contributed by atoms with Crippen molar-refractivity contribution in [3.05, 3.63) is 107 Å². The van der Waals surface area contributed by atoms with E-state index in [9.17, 15) is 14.7 Å². The summed E-state index contributed by atoms with van der Waals surface area (Å²) >= 11 is 1.98. The van der Waals surface area contributed by atoms with Gasteiger partial charge in [-0.2, -0.15) is 4.98 Å². The van der Waals surface area contributed by atoms with E-state index in [2.05, 4.69) is 51.8 Å². The van der Waals surface area contributed by atoms with Crippen LogP contribution in [0.3, 0.4) is 0 Å². The lowest BCUT2D eigenvalue weighted by atomic mass is 9.72. The second kappa shape index (κ2) is 13.2. The van der Waals surface area contributed by atoms with Gasteiger partial charge in [0, 0.05) is 57.2 Å². The maximum Gasteiger partial charge on any atom is 0.361 e. The molecular formula is C45H41IN6O7. The molecule has 4 aliphatic heterocycles. The van der Waals surface area contributed by atoms with Crippen molar-refractivity contribution in [3.8, 4) is 39.8 Å². The first kappa shape index (κ1) is 36.5. The molecule has 3 aromatic carbocycles. The standard InChI is InChI=1S/C45H41IN6O7/c1-21(2)33-40-51-36-38(59-40)45-27-11-7-10-25(24-9-8-12-29-32(24)26(19-47-29)37-35(42(54)56-20-46)50-41(36)58-37)34(27)52-43(45)57-31-14-13-23(17-28(31)45)18-30(39(53)49-33)48-22(3)44(55)15-5-4-6-16-44/h7-14,17,19,21,30,33,43,47-48,52,55H,3-6,15-16,18,20H2,1-2H3,(H,49,53)/t30-,33-,43?,45?/m0/s1. The number of rotatable bonds is 6. The van der Waals surface area contributed by atoms with Gasteiger partial charge in [-0.25, -0.2) is 9.78 Å². The first-order valence-corrected chi connectivity index (χ1v) is 21.7. The van der Waals surface area contributed by atoms with E-state index in [0.717, 1.165) is 63.7 Å². The number of hydrogen-bond donors (Lipinski definition) is 5. The Morgan fingerprint density at radius 3 is 2.66 bits per heavy atom. The monoisotopic (exact) mass is 904 g/mol. The largest absolute Gasteiger partial charge is 0.469 e. The number of anilines is 1. The number of para-hydroxylation sites is 1. The van der Waals surface area contributed by atoms with Gasteiger partial charge in [-0.15, -0.1) is 0 Å². The molecule has 59 heavy (non-hydrogen) atoms. The summed E-state index contributed by atoms with van der Waals surface area (Å²) in [5.74, 6) is 0.433. The summed E-state index contributed by atoms with van der Waals surface area (Å²) < 4.78 is 26.4. The minimum atomic E-state index is -1.14. The zero-order valence-corrected chi connectivity index (χ0v) is 34.6. The average molecular weight is 905 g/mol. The van der Waals surface area contributed by atoms with Gasteiger partial charge in [0.25, 0.3) is 0 Å². The number of carbonyl (C=O) groups excluding carboxylic acids is 2. The highest BCUT2D eigenvalue weighted by atomic mass is 127. The lowest BCUT2D eigenvalue weighted by Gasteiger charge is -2.36. The van der Waals surface area contributed by atoms with E-state index in [-0.39, 0.29) is 45.4 Å². The molecule has 4 atom stereocenters. The summed E-state index contributed by atoms with van der Waals surface area (Å²) in [5, 5.41) is 22.9. The number of esters is 1.